The lowest BCUT2D eigenvalue weighted by molar-refractivity contribution is -0.121. The number of hydrogen-bond donors (Lipinski definition) is 2. The highest BCUT2D eigenvalue weighted by Crippen LogP contribution is 2.21. The van der Waals surface area contributed by atoms with E-state index in [1.54, 1.807) is 24.3 Å². The van der Waals surface area contributed by atoms with Gasteiger partial charge in [-0.3, -0.25) is 20.2 Å². The zero-order valence-corrected chi connectivity index (χ0v) is 17.4. The van der Waals surface area contributed by atoms with Gasteiger partial charge < -0.3 is 0 Å². The minimum Gasteiger partial charge on any atom is -0.287 e. The molecule has 0 unspecified atom stereocenters. The molecule has 1 aliphatic rings. The third-order valence-electron chi connectivity index (χ3n) is 4.00. The van der Waals surface area contributed by atoms with E-state index in [0.717, 1.165) is 11.1 Å². The van der Waals surface area contributed by atoms with E-state index >= 15 is 0 Å². The number of carbonyl (C=O) groups is 1. The summed E-state index contributed by atoms with van der Waals surface area (Å²) in [6.07, 6.45) is 0. The SMILES string of the molecule is CN(NS(=O)(=O)CC(=O)NN1Cc2ccccc2C1=S)C(=S)c1ccccc1. The first kappa shape index (κ1) is 20.3. The smallest absolute Gasteiger partial charge is 0.255 e. The van der Waals surface area contributed by atoms with Crippen molar-refractivity contribution in [2.24, 2.45) is 0 Å². The molecule has 2 aromatic carbocycles. The van der Waals surface area contributed by atoms with E-state index in [9.17, 15) is 13.2 Å². The summed E-state index contributed by atoms with van der Waals surface area (Å²) in [7, 11) is -2.47. The molecule has 0 atom stereocenters. The monoisotopic (exact) mass is 434 g/mol. The Morgan fingerprint density at radius 1 is 1.14 bits per heavy atom. The lowest BCUT2D eigenvalue weighted by atomic mass is 10.1. The highest BCUT2D eigenvalue weighted by Gasteiger charge is 2.27. The predicted octanol–water partition coefficient (Wildman–Crippen LogP) is 1.35. The van der Waals surface area contributed by atoms with Gasteiger partial charge in [0.25, 0.3) is 5.91 Å². The van der Waals surface area contributed by atoms with Crippen LogP contribution >= 0.6 is 24.4 Å². The van der Waals surface area contributed by atoms with Gasteiger partial charge in [-0.25, -0.2) is 8.42 Å². The van der Waals surface area contributed by atoms with Gasteiger partial charge in [-0.1, -0.05) is 79.0 Å². The molecule has 1 aliphatic heterocycles. The maximum absolute atomic E-state index is 12.3. The lowest BCUT2D eigenvalue weighted by Gasteiger charge is -2.22. The third-order valence-corrected chi connectivity index (χ3v) is 6.15. The summed E-state index contributed by atoms with van der Waals surface area (Å²) in [5.74, 6) is -1.45. The van der Waals surface area contributed by atoms with E-state index < -0.39 is 21.7 Å². The van der Waals surface area contributed by atoms with Gasteiger partial charge in [0.1, 0.15) is 15.7 Å². The molecule has 0 aliphatic carbocycles. The molecule has 1 amide bonds. The molecule has 2 N–H and O–H groups in total. The quantitative estimate of drug-likeness (QED) is 0.525. The number of thiocarbonyl (C=S) groups is 2. The van der Waals surface area contributed by atoms with Crippen LogP contribution in [-0.2, 0) is 21.4 Å². The summed E-state index contributed by atoms with van der Waals surface area (Å²) < 4.78 is 24.7. The van der Waals surface area contributed by atoms with Crippen molar-refractivity contribution in [3.05, 3.63) is 71.3 Å². The van der Waals surface area contributed by atoms with Gasteiger partial charge in [0.15, 0.2) is 0 Å². The van der Waals surface area contributed by atoms with Crippen LogP contribution in [0.4, 0.5) is 0 Å². The molecule has 28 heavy (non-hydrogen) atoms. The number of sulfonamides is 1. The number of nitrogens with one attached hydrogen (secondary N) is 2. The zero-order chi connectivity index (χ0) is 20.3. The lowest BCUT2D eigenvalue weighted by Crippen LogP contribution is -2.49. The Labute approximate surface area is 174 Å². The summed E-state index contributed by atoms with van der Waals surface area (Å²) in [5.41, 5.74) is 5.06. The van der Waals surface area contributed by atoms with Gasteiger partial charge in [-0.15, -0.1) is 4.83 Å². The fourth-order valence-corrected chi connectivity index (χ4v) is 4.29. The number of amides is 1. The maximum atomic E-state index is 12.3. The number of rotatable bonds is 6. The summed E-state index contributed by atoms with van der Waals surface area (Å²) in [5, 5.41) is 2.67. The van der Waals surface area contributed by atoms with Crippen LogP contribution in [0.1, 0.15) is 16.7 Å². The largest absolute Gasteiger partial charge is 0.287 e. The highest BCUT2D eigenvalue weighted by atomic mass is 32.2. The second-order valence-corrected chi connectivity index (χ2v) is 8.64. The Morgan fingerprint density at radius 3 is 2.46 bits per heavy atom. The van der Waals surface area contributed by atoms with E-state index in [-0.39, 0.29) is 0 Å². The number of hydrogen-bond acceptors (Lipinski definition) is 5. The summed E-state index contributed by atoms with van der Waals surface area (Å²) in [6.45, 7) is 0.395. The number of hydrazine groups is 2. The Balaban J connectivity index is 1.58. The number of benzene rings is 2. The molecule has 7 nitrogen and oxygen atoms in total. The Kier molecular flexibility index (Phi) is 6.04. The summed E-state index contributed by atoms with van der Waals surface area (Å²) in [6, 6.07) is 16.5. The molecule has 0 saturated carbocycles. The van der Waals surface area contributed by atoms with Crippen LogP contribution < -0.4 is 10.3 Å². The summed E-state index contributed by atoms with van der Waals surface area (Å²) >= 11 is 10.6. The molecule has 0 bridgehead atoms. The van der Waals surface area contributed by atoms with E-state index in [1.165, 1.54) is 17.1 Å². The average Bonchev–Trinajstić information content (AvgIpc) is 2.96. The molecular weight excluding hydrogens is 416 g/mol. The van der Waals surface area contributed by atoms with Crippen LogP contribution in [0.15, 0.2) is 54.6 Å². The third kappa shape index (κ3) is 4.71. The van der Waals surface area contributed by atoms with Gasteiger partial charge in [0.05, 0.1) is 6.54 Å². The molecule has 3 rings (SSSR count). The Hall–Kier alpha value is -2.40. The average molecular weight is 435 g/mol. The molecular formula is C18H18N4O3S3. The zero-order valence-electron chi connectivity index (χ0n) is 15.0. The van der Waals surface area contributed by atoms with Crippen molar-refractivity contribution >= 4 is 50.3 Å². The molecule has 146 valence electrons. The number of nitrogens with zero attached hydrogens (tertiary/aromatic N) is 2. The second-order valence-electron chi connectivity index (χ2n) is 6.16. The predicted molar refractivity (Wildman–Crippen MR) is 115 cm³/mol. The first-order chi connectivity index (χ1) is 13.3. The van der Waals surface area contributed by atoms with Crippen molar-refractivity contribution < 1.29 is 13.2 Å². The normalized spacial score (nSPS) is 13.2. The van der Waals surface area contributed by atoms with Crippen LogP contribution in [-0.4, -0.2) is 47.1 Å². The van der Waals surface area contributed by atoms with Crippen LogP contribution in [0, 0.1) is 0 Å². The van der Waals surface area contributed by atoms with E-state index in [2.05, 4.69) is 10.3 Å². The van der Waals surface area contributed by atoms with Crippen molar-refractivity contribution in [2.75, 3.05) is 12.8 Å². The molecule has 0 saturated heterocycles. The molecule has 2 aromatic rings. The molecule has 0 spiro atoms. The van der Waals surface area contributed by atoms with Crippen molar-refractivity contribution in [3.63, 3.8) is 0 Å². The van der Waals surface area contributed by atoms with E-state index in [1.807, 2.05) is 30.3 Å². The molecule has 0 fully saturated rings. The van der Waals surface area contributed by atoms with Crippen molar-refractivity contribution in [3.8, 4) is 0 Å². The first-order valence-corrected chi connectivity index (χ1v) is 10.8. The van der Waals surface area contributed by atoms with Crippen LogP contribution in [0.5, 0.6) is 0 Å². The van der Waals surface area contributed by atoms with Gasteiger partial charge in [-0.05, 0) is 5.56 Å². The highest BCUT2D eigenvalue weighted by molar-refractivity contribution is 7.90. The van der Waals surface area contributed by atoms with Crippen LogP contribution in [0.3, 0.4) is 0 Å². The Bertz CT molecular complexity index is 1030. The van der Waals surface area contributed by atoms with Crippen molar-refractivity contribution in [2.45, 2.75) is 6.54 Å². The standard InChI is InChI=1S/C18H18N4O3S3/c1-21(17(26)13-7-3-2-4-8-13)20-28(24,25)12-16(23)19-22-11-14-9-5-6-10-15(14)18(22)27/h2-10,20H,11-12H2,1H3,(H,19,23). The molecule has 1 heterocycles. The molecule has 0 radical (unpaired) electrons. The number of carbonyl (C=O) groups excluding carboxylic acids is 1. The van der Waals surface area contributed by atoms with E-state index in [0.29, 0.717) is 22.1 Å². The molecule has 0 aromatic heterocycles. The van der Waals surface area contributed by atoms with Crippen LogP contribution in [0.25, 0.3) is 0 Å². The number of fused-ring (bicyclic) bond motifs is 1. The van der Waals surface area contributed by atoms with Gasteiger partial charge >= 0.3 is 0 Å². The van der Waals surface area contributed by atoms with Gasteiger partial charge in [0.2, 0.25) is 10.0 Å². The fraction of sp³-hybridized carbons (Fsp3) is 0.167. The molecule has 10 heteroatoms. The fourth-order valence-electron chi connectivity index (χ4n) is 2.76. The topological polar surface area (TPSA) is 81.8 Å². The first-order valence-electron chi connectivity index (χ1n) is 8.29. The van der Waals surface area contributed by atoms with E-state index in [4.69, 9.17) is 24.4 Å². The van der Waals surface area contributed by atoms with Gasteiger partial charge in [0, 0.05) is 18.2 Å². The summed E-state index contributed by atoms with van der Waals surface area (Å²) in [4.78, 5) is 15.3. The van der Waals surface area contributed by atoms with Crippen molar-refractivity contribution in [1.82, 2.24) is 20.3 Å². The minimum absolute atomic E-state index is 0.292. The van der Waals surface area contributed by atoms with Crippen molar-refractivity contribution in [1.29, 1.82) is 0 Å². The van der Waals surface area contributed by atoms with Gasteiger partial charge in [-0.2, -0.15) is 0 Å². The van der Waals surface area contributed by atoms with Crippen LogP contribution in [0.2, 0.25) is 0 Å². The second kappa shape index (κ2) is 8.31. The minimum atomic E-state index is -3.95. The maximum Gasteiger partial charge on any atom is 0.255 e. The Morgan fingerprint density at radius 2 is 1.79 bits per heavy atom.